The Hall–Kier alpha value is -1.23. The number of aryl methyl sites for hydroxylation is 1. The van der Waals surface area contributed by atoms with Crippen LogP contribution in [0.4, 0.5) is 8.78 Å². The Kier molecular flexibility index (Phi) is 5.98. The Morgan fingerprint density at radius 2 is 2.11 bits per heavy atom. The predicted octanol–water partition coefficient (Wildman–Crippen LogP) is 4.55. The average molecular weight is 274 g/mol. The highest BCUT2D eigenvalue weighted by Gasteiger charge is 2.11. The quantitative estimate of drug-likeness (QED) is 0.561. The van der Waals surface area contributed by atoms with Gasteiger partial charge >= 0.3 is 5.97 Å². The molecule has 0 saturated carbocycles. The van der Waals surface area contributed by atoms with Crippen LogP contribution in [0.1, 0.15) is 41.4 Å². The maximum absolute atomic E-state index is 12.1. The van der Waals surface area contributed by atoms with Crippen LogP contribution in [0.25, 0.3) is 0 Å². The summed E-state index contributed by atoms with van der Waals surface area (Å²) < 4.78 is 29.3. The first kappa shape index (κ1) is 14.8. The first-order chi connectivity index (χ1) is 8.52. The van der Waals surface area contributed by atoms with Crippen molar-refractivity contribution in [2.45, 2.75) is 33.1 Å². The molecule has 0 amide bonds. The fraction of sp³-hybridized carbons (Fsp3) is 0.462. The highest BCUT2D eigenvalue weighted by Crippen LogP contribution is 2.17. The van der Waals surface area contributed by atoms with Crippen LogP contribution in [0.5, 0.6) is 0 Å². The summed E-state index contributed by atoms with van der Waals surface area (Å²) in [7, 11) is 0. The van der Waals surface area contributed by atoms with Crippen molar-refractivity contribution in [2.75, 3.05) is 6.61 Å². The topological polar surface area (TPSA) is 26.3 Å². The molecule has 0 bridgehead atoms. The SMILES string of the molecule is CC(CCCCOC(=O)c1sccc1C)=C(F)F. The van der Waals surface area contributed by atoms with Crippen LogP contribution < -0.4 is 0 Å². The molecule has 1 aromatic heterocycles. The molecule has 0 aliphatic rings. The van der Waals surface area contributed by atoms with E-state index in [1.165, 1.54) is 18.3 Å². The van der Waals surface area contributed by atoms with Crippen LogP contribution in [-0.4, -0.2) is 12.6 Å². The fourth-order valence-corrected chi connectivity index (χ4v) is 2.22. The lowest BCUT2D eigenvalue weighted by Crippen LogP contribution is -2.05. The lowest BCUT2D eigenvalue weighted by atomic mass is 10.1. The molecule has 0 unspecified atom stereocenters. The maximum Gasteiger partial charge on any atom is 0.348 e. The Morgan fingerprint density at radius 3 is 2.67 bits per heavy atom. The normalized spacial score (nSPS) is 10.2. The van der Waals surface area contributed by atoms with Crippen molar-refractivity contribution < 1.29 is 18.3 Å². The minimum Gasteiger partial charge on any atom is -0.462 e. The molecule has 5 heteroatoms. The van der Waals surface area contributed by atoms with Gasteiger partial charge in [-0.05, 0) is 55.7 Å². The second kappa shape index (κ2) is 7.26. The molecule has 18 heavy (non-hydrogen) atoms. The molecule has 0 N–H and O–H groups in total. The van der Waals surface area contributed by atoms with E-state index in [-0.39, 0.29) is 18.1 Å². The predicted molar refractivity (Wildman–Crippen MR) is 68.1 cm³/mol. The molecular weight excluding hydrogens is 258 g/mol. The molecule has 0 aliphatic heterocycles. The zero-order valence-electron chi connectivity index (χ0n) is 10.5. The fourth-order valence-electron chi connectivity index (χ4n) is 1.40. The molecular formula is C13H16F2O2S. The number of ether oxygens (including phenoxy) is 1. The summed E-state index contributed by atoms with van der Waals surface area (Å²) in [5.41, 5.74) is 1.01. The number of carbonyl (C=O) groups excluding carboxylic acids is 1. The summed E-state index contributed by atoms with van der Waals surface area (Å²) in [6.07, 6.45) is -0.0697. The second-order valence-electron chi connectivity index (χ2n) is 4.07. The van der Waals surface area contributed by atoms with Crippen molar-refractivity contribution >= 4 is 17.3 Å². The minimum atomic E-state index is -1.61. The molecule has 0 aliphatic carbocycles. The van der Waals surface area contributed by atoms with Crippen LogP contribution in [0.2, 0.25) is 0 Å². The summed E-state index contributed by atoms with van der Waals surface area (Å²) in [5.74, 6) is -0.327. The van der Waals surface area contributed by atoms with E-state index in [4.69, 9.17) is 4.74 Å². The van der Waals surface area contributed by atoms with Crippen LogP contribution >= 0.6 is 11.3 Å². The van der Waals surface area contributed by atoms with Gasteiger partial charge < -0.3 is 4.74 Å². The molecule has 0 radical (unpaired) electrons. The number of thiophene rings is 1. The van der Waals surface area contributed by atoms with Gasteiger partial charge in [0.2, 0.25) is 0 Å². The molecule has 100 valence electrons. The molecule has 0 atom stereocenters. The van der Waals surface area contributed by atoms with Crippen molar-refractivity contribution in [3.63, 3.8) is 0 Å². The van der Waals surface area contributed by atoms with E-state index in [9.17, 15) is 13.6 Å². The summed E-state index contributed by atoms with van der Waals surface area (Å²) in [6.45, 7) is 3.54. The molecule has 1 heterocycles. The van der Waals surface area contributed by atoms with Gasteiger partial charge in [0.05, 0.1) is 6.61 Å². The lowest BCUT2D eigenvalue weighted by molar-refractivity contribution is 0.0503. The third-order valence-corrected chi connectivity index (χ3v) is 3.55. The number of rotatable bonds is 6. The molecule has 0 saturated heterocycles. The van der Waals surface area contributed by atoms with Crippen molar-refractivity contribution in [1.82, 2.24) is 0 Å². The Balaban J connectivity index is 2.21. The van der Waals surface area contributed by atoms with Crippen LogP contribution in [0.3, 0.4) is 0 Å². The largest absolute Gasteiger partial charge is 0.462 e. The van der Waals surface area contributed by atoms with Crippen molar-refractivity contribution in [3.05, 3.63) is 33.5 Å². The van der Waals surface area contributed by atoms with Crippen LogP contribution in [0.15, 0.2) is 23.1 Å². The van der Waals surface area contributed by atoms with E-state index in [0.717, 1.165) is 5.56 Å². The molecule has 0 fully saturated rings. The van der Waals surface area contributed by atoms with E-state index in [2.05, 4.69) is 0 Å². The molecule has 1 aromatic rings. The van der Waals surface area contributed by atoms with Gasteiger partial charge in [-0.25, -0.2) is 4.79 Å². The maximum atomic E-state index is 12.1. The first-order valence-corrected chi connectivity index (χ1v) is 6.62. The monoisotopic (exact) mass is 274 g/mol. The lowest BCUT2D eigenvalue weighted by Gasteiger charge is -2.04. The number of hydrogen-bond acceptors (Lipinski definition) is 3. The van der Waals surface area contributed by atoms with Gasteiger partial charge in [-0.1, -0.05) is 0 Å². The van der Waals surface area contributed by atoms with Crippen molar-refractivity contribution in [2.24, 2.45) is 0 Å². The third-order valence-electron chi connectivity index (χ3n) is 2.55. The van der Waals surface area contributed by atoms with Gasteiger partial charge in [0, 0.05) is 0 Å². The zero-order valence-corrected chi connectivity index (χ0v) is 11.3. The van der Waals surface area contributed by atoms with Crippen molar-refractivity contribution in [3.8, 4) is 0 Å². The molecule has 2 nitrogen and oxygen atoms in total. The van der Waals surface area contributed by atoms with Gasteiger partial charge in [0.25, 0.3) is 6.08 Å². The summed E-state index contributed by atoms with van der Waals surface area (Å²) >= 11 is 1.35. The number of carbonyl (C=O) groups is 1. The summed E-state index contributed by atoms with van der Waals surface area (Å²) in [6, 6.07) is 1.86. The van der Waals surface area contributed by atoms with E-state index in [1.807, 2.05) is 18.4 Å². The number of hydrogen-bond donors (Lipinski definition) is 0. The molecule has 1 rings (SSSR count). The first-order valence-electron chi connectivity index (χ1n) is 5.74. The van der Waals surface area contributed by atoms with Gasteiger partial charge in [-0.3, -0.25) is 0 Å². The Labute approximate surface area is 109 Å². The van der Waals surface area contributed by atoms with Crippen LogP contribution in [0, 0.1) is 6.92 Å². The summed E-state index contributed by atoms with van der Waals surface area (Å²) in [5, 5.41) is 1.84. The van der Waals surface area contributed by atoms with E-state index >= 15 is 0 Å². The molecule has 0 aromatic carbocycles. The van der Waals surface area contributed by atoms with Gasteiger partial charge in [0.15, 0.2) is 0 Å². The second-order valence-corrected chi connectivity index (χ2v) is 4.98. The van der Waals surface area contributed by atoms with Crippen molar-refractivity contribution in [1.29, 1.82) is 0 Å². The number of allylic oxidation sites excluding steroid dienone is 1. The number of esters is 1. The number of unbranched alkanes of at least 4 members (excludes halogenated alkanes) is 1. The van der Waals surface area contributed by atoms with E-state index in [0.29, 0.717) is 24.1 Å². The highest BCUT2D eigenvalue weighted by atomic mass is 32.1. The van der Waals surface area contributed by atoms with Crippen LogP contribution in [-0.2, 0) is 4.74 Å². The standard InChI is InChI=1S/C13H16F2O2S/c1-9-6-8-18-11(9)13(16)17-7-4-3-5-10(2)12(14)15/h6,8H,3-5,7H2,1-2H3. The number of halogens is 2. The zero-order chi connectivity index (χ0) is 13.5. The Morgan fingerprint density at radius 1 is 1.39 bits per heavy atom. The van der Waals surface area contributed by atoms with Gasteiger partial charge in [0.1, 0.15) is 4.88 Å². The van der Waals surface area contributed by atoms with Gasteiger partial charge in [-0.2, -0.15) is 8.78 Å². The minimum absolute atomic E-state index is 0.107. The average Bonchev–Trinajstić information content (AvgIpc) is 2.74. The molecule has 0 spiro atoms. The van der Waals surface area contributed by atoms with Gasteiger partial charge in [-0.15, -0.1) is 11.3 Å². The Bertz CT molecular complexity index is 434. The highest BCUT2D eigenvalue weighted by molar-refractivity contribution is 7.12. The third kappa shape index (κ3) is 4.56. The van der Waals surface area contributed by atoms with E-state index in [1.54, 1.807) is 0 Å². The van der Waals surface area contributed by atoms with E-state index < -0.39 is 6.08 Å². The summed E-state index contributed by atoms with van der Waals surface area (Å²) in [4.78, 5) is 12.2. The smallest absolute Gasteiger partial charge is 0.348 e.